The first-order valence-corrected chi connectivity index (χ1v) is 5.98. The average Bonchev–Trinajstić information content (AvgIpc) is 2.79. The van der Waals surface area contributed by atoms with Crippen LogP contribution in [0.3, 0.4) is 0 Å². The summed E-state index contributed by atoms with van der Waals surface area (Å²) in [6.07, 6.45) is 3.12. The van der Waals surface area contributed by atoms with Gasteiger partial charge in [0.05, 0.1) is 11.3 Å². The minimum Gasteiger partial charge on any atom is -0.220 e. The van der Waals surface area contributed by atoms with Gasteiger partial charge in [-0.3, -0.25) is 0 Å². The fraction of sp³-hybridized carbons (Fsp3) is 1.00. The molecule has 0 amide bonds. The van der Waals surface area contributed by atoms with Gasteiger partial charge in [-0.25, -0.2) is 4.89 Å². The van der Waals surface area contributed by atoms with E-state index in [9.17, 15) is 8.42 Å². The molecule has 0 aliphatic heterocycles. The Morgan fingerprint density at radius 1 is 1.46 bits per heavy atom. The minimum atomic E-state index is -3.49. The Balaban J connectivity index is 2.28. The largest absolute Gasteiger partial charge is 0.291 e. The van der Waals surface area contributed by atoms with Gasteiger partial charge in [-0.05, 0) is 19.3 Å². The van der Waals surface area contributed by atoms with E-state index >= 15 is 0 Å². The van der Waals surface area contributed by atoms with Gasteiger partial charge in [0.2, 0.25) is 0 Å². The smallest absolute Gasteiger partial charge is 0.220 e. The molecule has 4 nitrogen and oxygen atoms in total. The van der Waals surface area contributed by atoms with E-state index < -0.39 is 14.8 Å². The summed E-state index contributed by atoms with van der Waals surface area (Å²) in [5.41, 5.74) is 0. The summed E-state index contributed by atoms with van der Waals surface area (Å²) in [7, 11) is -1.82. The summed E-state index contributed by atoms with van der Waals surface area (Å²) in [5.74, 6) is 0. The fourth-order valence-corrected chi connectivity index (χ4v) is 1.77. The third kappa shape index (κ3) is 2.69. The number of rotatable bonds is 6. The van der Waals surface area contributed by atoms with Crippen LogP contribution in [-0.4, -0.2) is 27.5 Å². The van der Waals surface area contributed by atoms with E-state index in [1.54, 1.807) is 7.85 Å². The van der Waals surface area contributed by atoms with Crippen molar-refractivity contribution in [2.75, 3.05) is 6.61 Å². The zero-order chi connectivity index (χ0) is 9.95. The molecule has 0 aromatic carbocycles. The maximum absolute atomic E-state index is 11.3. The van der Waals surface area contributed by atoms with E-state index in [0.717, 1.165) is 12.8 Å². The molecule has 0 spiro atoms. The van der Waals surface area contributed by atoms with Gasteiger partial charge in [0.15, 0.2) is 0 Å². The van der Waals surface area contributed by atoms with Crippen molar-refractivity contribution in [3.05, 3.63) is 0 Å². The Morgan fingerprint density at radius 2 is 2.08 bits per heavy atom. The molecule has 1 aliphatic carbocycles. The molecule has 0 aromatic rings. The number of unbranched alkanes of at least 4 members (excludes halogenated alkanes) is 1. The predicted octanol–water partition coefficient (Wildman–Crippen LogP) is 0.188. The van der Waals surface area contributed by atoms with Gasteiger partial charge in [0.25, 0.3) is 10.1 Å². The molecule has 1 fully saturated rings. The lowest BCUT2D eigenvalue weighted by atomic mass is 10.0. The topological polar surface area (TPSA) is 52.6 Å². The van der Waals surface area contributed by atoms with Crippen LogP contribution in [0.2, 0.25) is 0 Å². The van der Waals surface area contributed by atoms with Crippen LogP contribution < -0.4 is 0 Å². The van der Waals surface area contributed by atoms with Crippen LogP contribution in [0.4, 0.5) is 0 Å². The lowest BCUT2D eigenvalue weighted by molar-refractivity contribution is -0.202. The molecule has 0 saturated heterocycles. The normalized spacial score (nSPS) is 20.1. The molecule has 0 aromatic heterocycles. The molecule has 0 radical (unpaired) electrons. The maximum Gasteiger partial charge on any atom is 0.291 e. The van der Waals surface area contributed by atoms with Crippen molar-refractivity contribution in [1.29, 1.82) is 0 Å². The molecule has 1 aliphatic rings. The van der Waals surface area contributed by atoms with E-state index in [2.05, 4.69) is 9.22 Å². The van der Waals surface area contributed by atoms with E-state index in [4.69, 9.17) is 0 Å². The highest BCUT2D eigenvalue weighted by atomic mass is 32.2. The third-order valence-corrected chi connectivity index (χ3v) is 4.17. The van der Waals surface area contributed by atoms with Crippen LogP contribution in [0.15, 0.2) is 0 Å². The highest BCUT2D eigenvalue weighted by molar-refractivity contribution is 7.89. The van der Waals surface area contributed by atoms with Crippen LogP contribution in [0.25, 0.3) is 0 Å². The number of hydrogen-bond acceptors (Lipinski definition) is 4. The van der Waals surface area contributed by atoms with Crippen LogP contribution >= 0.6 is 0 Å². The lowest BCUT2D eigenvalue weighted by Gasteiger charge is -2.08. The first-order valence-electron chi connectivity index (χ1n) is 4.57. The SMILES string of the molecule is BC1(S(=O)(=O)OOCCCC)CC1. The van der Waals surface area contributed by atoms with Gasteiger partial charge in [0.1, 0.15) is 7.85 Å². The molecule has 76 valence electrons. The van der Waals surface area contributed by atoms with Crippen molar-refractivity contribution in [2.45, 2.75) is 37.3 Å². The standard InChI is InChI=1S/C7H15BO4S/c1-2-3-6-11-12-13(9,10)7(8)4-5-7/h2-6,8H2,1H3. The summed E-state index contributed by atoms with van der Waals surface area (Å²) in [4.78, 5) is 4.62. The Kier molecular flexibility index (Phi) is 3.37. The summed E-state index contributed by atoms with van der Waals surface area (Å²) >= 11 is 0. The van der Waals surface area contributed by atoms with Crippen LogP contribution in [0.5, 0.6) is 0 Å². The van der Waals surface area contributed by atoms with Gasteiger partial charge in [-0.2, -0.15) is 8.42 Å². The van der Waals surface area contributed by atoms with Gasteiger partial charge in [-0.15, -0.1) is 4.33 Å². The van der Waals surface area contributed by atoms with Crippen molar-refractivity contribution in [3.8, 4) is 0 Å². The molecule has 1 rings (SSSR count). The summed E-state index contributed by atoms with van der Waals surface area (Å²) in [5, 5.41) is 0. The molecule has 0 N–H and O–H groups in total. The van der Waals surface area contributed by atoms with Gasteiger partial charge in [-0.1, -0.05) is 13.3 Å². The molecule has 1 saturated carbocycles. The first kappa shape index (κ1) is 11.0. The van der Waals surface area contributed by atoms with E-state index in [0.29, 0.717) is 19.4 Å². The molecule has 13 heavy (non-hydrogen) atoms. The first-order chi connectivity index (χ1) is 6.02. The molecule has 6 heteroatoms. The molecule has 0 atom stereocenters. The maximum atomic E-state index is 11.3. The summed E-state index contributed by atoms with van der Waals surface area (Å²) in [6, 6.07) is 0. The minimum absolute atomic E-state index is 0.339. The van der Waals surface area contributed by atoms with E-state index in [1.165, 1.54) is 0 Å². The third-order valence-electron chi connectivity index (χ3n) is 2.28. The predicted molar refractivity (Wildman–Crippen MR) is 51.4 cm³/mol. The Morgan fingerprint density at radius 3 is 2.54 bits per heavy atom. The van der Waals surface area contributed by atoms with Crippen molar-refractivity contribution < 1.29 is 17.6 Å². The van der Waals surface area contributed by atoms with Gasteiger partial charge >= 0.3 is 0 Å². The van der Waals surface area contributed by atoms with Crippen molar-refractivity contribution in [2.24, 2.45) is 0 Å². The van der Waals surface area contributed by atoms with Crippen molar-refractivity contribution >= 4 is 18.0 Å². The lowest BCUT2D eigenvalue weighted by Crippen LogP contribution is -2.25. The van der Waals surface area contributed by atoms with Gasteiger partial charge in [0, 0.05) is 0 Å². The molecule has 0 unspecified atom stereocenters. The van der Waals surface area contributed by atoms with Crippen LogP contribution in [0, 0.1) is 0 Å². The van der Waals surface area contributed by atoms with Gasteiger partial charge < -0.3 is 0 Å². The van der Waals surface area contributed by atoms with E-state index in [1.807, 2.05) is 6.92 Å². The Labute approximate surface area is 80.1 Å². The Bertz CT molecular complexity index is 258. The van der Waals surface area contributed by atoms with Crippen molar-refractivity contribution in [3.63, 3.8) is 0 Å². The zero-order valence-electron chi connectivity index (χ0n) is 8.08. The second-order valence-electron chi connectivity index (χ2n) is 3.65. The fourth-order valence-electron chi connectivity index (χ4n) is 0.809. The van der Waals surface area contributed by atoms with Crippen LogP contribution in [-0.2, 0) is 19.3 Å². The highest BCUT2D eigenvalue weighted by Gasteiger charge is 2.51. The second kappa shape index (κ2) is 3.98. The summed E-state index contributed by atoms with van der Waals surface area (Å²) < 4.78 is 26.4. The second-order valence-corrected chi connectivity index (χ2v) is 5.68. The van der Waals surface area contributed by atoms with E-state index in [-0.39, 0.29) is 0 Å². The molecular weight excluding hydrogens is 191 g/mol. The van der Waals surface area contributed by atoms with Crippen molar-refractivity contribution in [1.82, 2.24) is 0 Å². The average molecular weight is 206 g/mol. The Hall–Kier alpha value is -0.0651. The molecule has 0 heterocycles. The highest BCUT2D eigenvalue weighted by Crippen LogP contribution is 2.40. The quantitative estimate of drug-likeness (QED) is 0.269. The zero-order valence-corrected chi connectivity index (χ0v) is 8.89. The molecule has 0 bridgehead atoms. The van der Waals surface area contributed by atoms with Crippen LogP contribution in [0.1, 0.15) is 32.6 Å². The monoisotopic (exact) mass is 206 g/mol. The summed E-state index contributed by atoms with van der Waals surface area (Å²) in [6.45, 7) is 2.34. The number of hydrogen-bond donors (Lipinski definition) is 0. The molecular formula is C7H15BO4S.